The molecule has 0 unspecified atom stereocenters. The molecule has 1 aliphatic rings. The summed E-state index contributed by atoms with van der Waals surface area (Å²) in [5.41, 5.74) is 0.804. The van der Waals surface area contributed by atoms with E-state index in [0.29, 0.717) is 19.0 Å². The second-order valence-electron chi connectivity index (χ2n) is 4.48. The summed E-state index contributed by atoms with van der Waals surface area (Å²) in [4.78, 5) is 3.99. The highest BCUT2D eigenvalue weighted by Crippen LogP contribution is 2.20. The van der Waals surface area contributed by atoms with Crippen LogP contribution in [0.2, 0.25) is 0 Å². The predicted octanol–water partition coefficient (Wildman–Crippen LogP) is 1.62. The molecule has 0 radical (unpaired) electrons. The Balaban J connectivity index is 2.13. The first kappa shape index (κ1) is 14.7. The lowest BCUT2D eigenvalue weighted by molar-refractivity contribution is 0.0604. The lowest BCUT2D eigenvalue weighted by Gasteiger charge is -2.30. The van der Waals surface area contributed by atoms with Crippen molar-refractivity contribution in [2.24, 2.45) is 0 Å². The Morgan fingerprint density at radius 3 is 2.58 bits per heavy atom. The average Bonchev–Trinajstić information content (AvgIpc) is 2.47. The zero-order valence-corrected chi connectivity index (χ0v) is 12.3. The minimum atomic E-state index is -3.50. The average molecular weight is 305 g/mol. The van der Waals surface area contributed by atoms with E-state index in [-0.39, 0.29) is 11.1 Å². The van der Waals surface area contributed by atoms with Crippen molar-refractivity contribution in [1.29, 1.82) is 0 Å². The van der Waals surface area contributed by atoms with Crippen LogP contribution in [0.5, 0.6) is 0 Å². The summed E-state index contributed by atoms with van der Waals surface area (Å²) >= 11 is 5.66. The first-order valence-electron chi connectivity index (χ1n) is 6.11. The van der Waals surface area contributed by atoms with E-state index in [0.717, 1.165) is 18.4 Å². The van der Waals surface area contributed by atoms with Crippen molar-refractivity contribution in [3.63, 3.8) is 0 Å². The monoisotopic (exact) mass is 304 g/mol. The van der Waals surface area contributed by atoms with E-state index in [9.17, 15) is 8.42 Å². The number of hydrogen-bond donors (Lipinski definition) is 0. The normalized spacial score (nSPS) is 18.6. The lowest BCUT2D eigenvalue weighted by atomic mass is 10.1. The summed E-state index contributed by atoms with van der Waals surface area (Å²) in [6, 6.07) is 3.20. The molecule has 106 valence electrons. The van der Waals surface area contributed by atoms with E-state index in [2.05, 4.69) is 4.98 Å². The Bertz CT molecular complexity index is 510. The fourth-order valence-electron chi connectivity index (χ4n) is 2.08. The number of alkyl halides is 1. The highest BCUT2D eigenvalue weighted by Gasteiger charge is 2.30. The number of halogens is 1. The van der Waals surface area contributed by atoms with Gasteiger partial charge in [0.15, 0.2) is 5.03 Å². The van der Waals surface area contributed by atoms with E-state index in [1.165, 1.54) is 16.6 Å². The summed E-state index contributed by atoms with van der Waals surface area (Å²) in [7, 11) is -1.84. The van der Waals surface area contributed by atoms with Crippen LogP contribution in [0.1, 0.15) is 18.4 Å². The van der Waals surface area contributed by atoms with Gasteiger partial charge in [-0.1, -0.05) is 6.07 Å². The van der Waals surface area contributed by atoms with Gasteiger partial charge >= 0.3 is 0 Å². The minimum absolute atomic E-state index is 0.0808. The van der Waals surface area contributed by atoms with Crippen LogP contribution in [0.4, 0.5) is 0 Å². The van der Waals surface area contributed by atoms with Crippen LogP contribution in [0.15, 0.2) is 23.4 Å². The number of ether oxygens (including phenoxy) is 1. The number of hydrogen-bond acceptors (Lipinski definition) is 4. The SMILES string of the molecule is COC1CCN(S(=O)(=O)c2ccc(CCl)cn2)CC1. The third kappa shape index (κ3) is 3.25. The maximum absolute atomic E-state index is 12.4. The Morgan fingerprint density at radius 2 is 2.11 bits per heavy atom. The standard InChI is InChI=1S/C12H17ClN2O3S/c1-18-11-4-6-15(7-5-11)19(16,17)12-3-2-10(8-13)9-14-12/h2-3,9,11H,4-8H2,1H3. The van der Waals surface area contributed by atoms with E-state index < -0.39 is 10.0 Å². The molecule has 0 amide bonds. The number of sulfonamides is 1. The maximum Gasteiger partial charge on any atom is 0.260 e. The Kier molecular flexibility index (Phi) is 4.78. The molecule has 2 heterocycles. The van der Waals surface area contributed by atoms with Crippen molar-refractivity contribution in [3.8, 4) is 0 Å². The summed E-state index contributed by atoms with van der Waals surface area (Å²) in [6.45, 7) is 0.944. The molecule has 1 aliphatic heterocycles. The zero-order chi connectivity index (χ0) is 13.9. The van der Waals surface area contributed by atoms with Crippen LogP contribution in [0, 0.1) is 0 Å². The number of aromatic nitrogens is 1. The van der Waals surface area contributed by atoms with Crippen LogP contribution in [0.25, 0.3) is 0 Å². The number of nitrogens with zero attached hydrogens (tertiary/aromatic N) is 2. The van der Waals surface area contributed by atoms with Gasteiger partial charge < -0.3 is 4.74 Å². The summed E-state index contributed by atoms with van der Waals surface area (Å²) in [5.74, 6) is 0.326. The first-order valence-corrected chi connectivity index (χ1v) is 8.09. The molecule has 2 rings (SSSR count). The minimum Gasteiger partial charge on any atom is -0.381 e. The molecule has 0 N–H and O–H groups in total. The Morgan fingerprint density at radius 1 is 1.42 bits per heavy atom. The number of rotatable bonds is 4. The highest BCUT2D eigenvalue weighted by atomic mass is 35.5. The summed E-state index contributed by atoms with van der Waals surface area (Å²) < 4.78 is 31.4. The topological polar surface area (TPSA) is 59.5 Å². The van der Waals surface area contributed by atoms with E-state index >= 15 is 0 Å². The van der Waals surface area contributed by atoms with Crippen molar-refractivity contribution in [2.75, 3.05) is 20.2 Å². The number of piperidine rings is 1. The molecule has 1 fully saturated rings. The highest BCUT2D eigenvalue weighted by molar-refractivity contribution is 7.89. The van der Waals surface area contributed by atoms with Crippen LogP contribution in [-0.2, 0) is 20.6 Å². The maximum atomic E-state index is 12.4. The van der Waals surface area contributed by atoms with Crippen molar-refractivity contribution >= 4 is 21.6 Å². The summed E-state index contributed by atoms with van der Waals surface area (Å²) in [5, 5.41) is 0.0808. The second kappa shape index (κ2) is 6.17. The molecule has 19 heavy (non-hydrogen) atoms. The fraction of sp³-hybridized carbons (Fsp3) is 0.583. The molecule has 0 saturated carbocycles. The van der Waals surface area contributed by atoms with Crippen molar-refractivity contribution in [1.82, 2.24) is 9.29 Å². The van der Waals surface area contributed by atoms with Gasteiger partial charge in [0.1, 0.15) is 0 Å². The molecule has 0 aliphatic carbocycles. The van der Waals surface area contributed by atoms with Crippen molar-refractivity contribution in [3.05, 3.63) is 23.9 Å². The van der Waals surface area contributed by atoms with Gasteiger partial charge in [0.05, 0.1) is 6.10 Å². The third-order valence-corrected chi connectivity index (χ3v) is 5.41. The fourth-order valence-corrected chi connectivity index (χ4v) is 3.62. The summed E-state index contributed by atoms with van der Waals surface area (Å²) in [6.07, 6.45) is 3.09. The largest absolute Gasteiger partial charge is 0.381 e. The molecule has 1 aromatic rings. The van der Waals surface area contributed by atoms with Crippen molar-refractivity contribution < 1.29 is 13.2 Å². The molecular formula is C12H17ClN2O3S. The van der Waals surface area contributed by atoms with E-state index in [4.69, 9.17) is 16.3 Å². The van der Waals surface area contributed by atoms with Gasteiger partial charge in [0.25, 0.3) is 10.0 Å². The van der Waals surface area contributed by atoms with Crippen LogP contribution in [-0.4, -0.2) is 44.0 Å². The molecule has 1 aromatic heterocycles. The smallest absolute Gasteiger partial charge is 0.260 e. The molecule has 1 saturated heterocycles. The molecule has 0 spiro atoms. The third-order valence-electron chi connectivity index (χ3n) is 3.29. The van der Waals surface area contributed by atoms with Crippen LogP contribution in [0.3, 0.4) is 0 Å². The van der Waals surface area contributed by atoms with E-state index in [1.807, 2.05) is 0 Å². The van der Waals surface area contributed by atoms with Gasteiger partial charge in [0.2, 0.25) is 0 Å². The number of methoxy groups -OCH3 is 1. The predicted molar refractivity (Wildman–Crippen MR) is 72.6 cm³/mol. The van der Waals surface area contributed by atoms with E-state index in [1.54, 1.807) is 13.2 Å². The van der Waals surface area contributed by atoms with Gasteiger partial charge in [-0.25, -0.2) is 13.4 Å². The van der Waals surface area contributed by atoms with Crippen molar-refractivity contribution in [2.45, 2.75) is 29.9 Å². The molecule has 5 nitrogen and oxygen atoms in total. The van der Waals surface area contributed by atoms with Crippen LogP contribution < -0.4 is 0 Å². The van der Waals surface area contributed by atoms with Gasteiger partial charge in [0, 0.05) is 32.3 Å². The molecular weight excluding hydrogens is 288 g/mol. The van der Waals surface area contributed by atoms with Crippen LogP contribution >= 0.6 is 11.6 Å². The lowest BCUT2D eigenvalue weighted by Crippen LogP contribution is -2.40. The first-order chi connectivity index (χ1) is 9.07. The molecule has 0 atom stereocenters. The quantitative estimate of drug-likeness (QED) is 0.793. The molecule has 0 aromatic carbocycles. The Hall–Kier alpha value is -0.690. The zero-order valence-electron chi connectivity index (χ0n) is 10.8. The number of pyridine rings is 1. The van der Waals surface area contributed by atoms with Gasteiger partial charge in [-0.05, 0) is 24.5 Å². The molecule has 7 heteroatoms. The Labute approximate surface area is 118 Å². The second-order valence-corrected chi connectivity index (χ2v) is 6.63. The molecule has 0 bridgehead atoms. The van der Waals surface area contributed by atoms with Gasteiger partial charge in [-0.3, -0.25) is 0 Å². The van der Waals surface area contributed by atoms with Gasteiger partial charge in [-0.15, -0.1) is 11.6 Å². The van der Waals surface area contributed by atoms with Gasteiger partial charge in [-0.2, -0.15) is 4.31 Å².